The van der Waals surface area contributed by atoms with Crippen LogP contribution in [-0.4, -0.2) is 27.8 Å². The molecule has 3 aromatic rings. The van der Waals surface area contributed by atoms with E-state index in [0.29, 0.717) is 30.6 Å². The van der Waals surface area contributed by atoms with Gasteiger partial charge >= 0.3 is 0 Å². The minimum atomic E-state index is -0.258. The van der Waals surface area contributed by atoms with E-state index in [2.05, 4.69) is 0 Å². The molecular weight excluding hydrogens is 307 g/mol. The van der Waals surface area contributed by atoms with Crippen LogP contribution in [0.5, 0.6) is 0 Å². The van der Waals surface area contributed by atoms with Crippen LogP contribution in [0.3, 0.4) is 0 Å². The number of hydrogen-bond donors (Lipinski definition) is 0. The zero-order chi connectivity index (χ0) is 16.7. The Balaban J connectivity index is 1.46. The second-order valence-corrected chi connectivity index (χ2v) is 5.87. The van der Waals surface area contributed by atoms with Crippen LogP contribution in [0.25, 0.3) is 10.9 Å². The zero-order valence-corrected chi connectivity index (χ0v) is 12.9. The Bertz CT molecular complexity index is 926. The lowest BCUT2D eigenvalue weighted by molar-refractivity contribution is 0.0651. The molecule has 0 unspecified atom stereocenters. The first-order chi connectivity index (χ1) is 11.6. The monoisotopic (exact) mass is 322 g/mol. The molecule has 5 heteroatoms. The largest absolute Gasteiger partial charge is 0.347 e. The van der Waals surface area contributed by atoms with Crippen molar-refractivity contribution in [2.45, 2.75) is 13.0 Å². The second kappa shape index (κ2) is 5.60. The SMILES string of the molecule is O=C1c2ccccc2C(=O)N1CCCn1ccc2cc(F)ccc21. The van der Waals surface area contributed by atoms with Crippen LogP contribution in [0.1, 0.15) is 27.1 Å². The zero-order valence-electron chi connectivity index (χ0n) is 12.9. The van der Waals surface area contributed by atoms with Crippen molar-refractivity contribution in [1.82, 2.24) is 9.47 Å². The summed E-state index contributed by atoms with van der Waals surface area (Å²) in [6, 6.07) is 13.4. The number of aryl methyl sites for hydroxylation is 1. The molecule has 1 aliphatic rings. The average molecular weight is 322 g/mol. The molecular formula is C19H15FN2O2. The van der Waals surface area contributed by atoms with Crippen molar-refractivity contribution >= 4 is 22.7 Å². The van der Waals surface area contributed by atoms with E-state index in [1.807, 2.05) is 16.8 Å². The van der Waals surface area contributed by atoms with E-state index < -0.39 is 0 Å². The van der Waals surface area contributed by atoms with Crippen LogP contribution < -0.4 is 0 Å². The number of fused-ring (bicyclic) bond motifs is 2. The maximum absolute atomic E-state index is 13.2. The summed E-state index contributed by atoms with van der Waals surface area (Å²) in [6.45, 7) is 1.02. The number of carbonyl (C=O) groups excluding carboxylic acids is 2. The summed E-state index contributed by atoms with van der Waals surface area (Å²) in [5.41, 5.74) is 1.90. The van der Waals surface area contributed by atoms with Crippen molar-refractivity contribution in [3.8, 4) is 0 Å². The Morgan fingerprint density at radius 3 is 2.29 bits per heavy atom. The van der Waals surface area contributed by atoms with Crippen LogP contribution in [0.15, 0.2) is 54.7 Å². The molecule has 0 saturated carbocycles. The summed E-state index contributed by atoms with van der Waals surface area (Å²) in [7, 11) is 0. The molecule has 4 nitrogen and oxygen atoms in total. The smallest absolute Gasteiger partial charge is 0.261 e. The molecule has 0 fully saturated rings. The number of aromatic nitrogens is 1. The van der Waals surface area contributed by atoms with Gasteiger partial charge in [-0.25, -0.2) is 4.39 Å². The molecule has 0 bridgehead atoms. The lowest BCUT2D eigenvalue weighted by Gasteiger charge is -2.14. The van der Waals surface area contributed by atoms with E-state index in [4.69, 9.17) is 0 Å². The lowest BCUT2D eigenvalue weighted by atomic mass is 10.1. The molecule has 4 rings (SSSR count). The molecule has 1 aliphatic heterocycles. The van der Waals surface area contributed by atoms with Crippen LogP contribution in [0.2, 0.25) is 0 Å². The molecule has 2 heterocycles. The van der Waals surface area contributed by atoms with Gasteiger partial charge < -0.3 is 4.57 Å². The minimum Gasteiger partial charge on any atom is -0.347 e. The van der Waals surface area contributed by atoms with Crippen molar-refractivity contribution in [1.29, 1.82) is 0 Å². The predicted octanol–water partition coefficient (Wildman–Crippen LogP) is 3.47. The van der Waals surface area contributed by atoms with Crippen molar-refractivity contribution in [2.24, 2.45) is 0 Å². The number of hydrogen-bond acceptors (Lipinski definition) is 2. The fourth-order valence-electron chi connectivity index (χ4n) is 3.21. The van der Waals surface area contributed by atoms with Gasteiger partial charge in [-0.15, -0.1) is 0 Å². The highest BCUT2D eigenvalue weighted by Crippen LogP contribution is 2.23. The van der Waals surface area contributed by atoms with Crippen LogP contribution >= 0.6 is 0 Å². The summed E-state index contributed by atoms with van der Waals surface area (Å²) in [4.78, 5) is 25.9. The first-order valence-electron chi connectivity index (χ1n) is 7.85. The third-order valence-corrected chi connectivity index (χ3v) is 4.39. The molecule has 2 amide bonds. The highest BCUT2D eigenvalue weighted by atomic mass is 19.1. The summed E-state index contributed by atoms with van der Waals surface area (Å²) < 4.78 is 15.2. The van der Waals surface area contributed by atoms with E-state index in [1.54, 1.807) is 30.3 Å². The van der Waals surface area contributed by atoms with E-state index >= 15 is 0 Å². The number of benzene rings is 2. The Morgan fingerprint density at radius 2 is 1.58 bits per heavy atom. The number of carbonyl (C=O) groups is 2. The highest BCUT2D eigenvalue weighted by Gasteiger charge is 2.34. The van der Waals surface area contributed by atoms with Gasteiger partial charge in [0.25, 0.3) is 11.8 Å². The number of rotatable bonds is 4. The van der Waals surface area contributed by atoms with Gasteiger partial charge in [-0.1, -0.05) is 12.1 Å². The van der Waals surface area contributed by atoms with E-state index in [0.717, 1.165) is 10.9 Å². The van der Waals surface area contributed by atoms with Gasteiger partial charge in [0.2, 0.25) is 0 Å². The first kappa shape index (κ1) is 14.6. The fraction of sp³-hybridized carbons (Fsp3) is 0.158. The van der Waals surface area contributed by atoms with Gasteiger partial charge in [0, 0.05) is 30.2 Å². The topological polar surface area (TPSA) is 42.3 Å². The second-order valence-electron chi connectivity index (χ2n) is 5.87. The van der Waals surface area contributed by atoms with Gasteiger partial charge in [0.1, 0.15) is 5.82 Å². The maximum atomic E-state index is 13.2. The van der Waals surface area contributed by atoms with E-state index in [9.17, 15) is 14.0 Å². The maximum Gasteiger partial charge on any atom is 0.261 e. The predicted molar refractivity (Wildman–Crippen MR) is 88.3 cm³/mol. The van der Waals surface area contributed by atoms with Crippen LogP contribution in [-0.2, 0) is 6.54 Å². The van der Waals surface area contributed by atoms with Crippen molar-refractivity contribution in [3.05, 3.63) is 71.7 Å². The fourth-order valence-corrected chi connectivity index (χ4v) is 3.21. The van der Waals surface area contributed by atoms with Crippen LogP contribution in [0, 0.1) is 5.82 Å². The Hall–Kier alpha value is -2.95. The van der Waals surface area contributed by atoms with E-state index in [-0.39, 0.29) is 17.6 Å². The molecule has 120 valence electrons. The van der Waals surface area contributed by atoms with Crippen molar-refractivity contribution in [3.63, 3.8) is 0 Å². The third-order valence-electron chi connectivity index (χ3n) is 4.39. The number of halogens is 1. The molecule has 2 aromatic carbocycles. The number of imide groups is 1. The van der Waals surface area contributed by atoms with Gasteiger partial charge in [0.15, 0.2) is 0 Å². The number of nitrogens with zero attached hydrogens (tertiary/aromatic N) is 2. The Morgan fingerprint density at radius 1 is 0.875 bits per heavy atom. The quantitative estimate of drug-likeness (QED) is 0.690. The standard InChI is InChI=1S/C19H15FN2O2/c20-14-6-7-17-13(12-14)8-11-21(17)9-3-10-22-18(23)15-4-1-2-5-16(15)19(22)24/h1-2,4-8,11-12H,3,9-10H2. The minimum absolute atomic E-state index is 0.227. The third kappa shape index (κ3) is 2.29. The molecule has 0 radical (unpaired) electrons. The molecule has 0 N–H and O–H groups in total. The molecule has 24 heavy (non-hydrogen) atoms. The summed E-state index contributed by atoms with van der Waals surface area (Å²) in [5.74, 6) is -0.712. The highest BCUT2D eigenvalue weighted by molar-refractivity contribution is 6.21. The molecule has 0 saturated heterocycles. The summed E-state index contributed by atoms with van der Waals surface area (Å²) in [5, 5.41) is 0.843. The molecule has 0 atom stereocenters. The van der Waals surface area contributed by atoms with Gasteiger partial charge in [-0.2, -0.15) is 0 Å². The molecule has 1 aromatic heterocycles. The van der Waals surface area contributed by atoms with Gasteiger partial charge in [-0.3, -0.25) is 14.5 Å². The normalized spacial score (nSPS) is 13.8. The van der Waals surface area contributed by atoms with E-state index in [1.165, 1.54) is 17.0 Å². The average Bonchev–Trinajstić information content (AvgIpc) is 3.09. The van der Waals surface area contributed by atoms with Gasteiger partial charge in [-0.05, 0) is 42.8 Å². The Labute approximate surface area is 138 Å². The summed E-state index contributed by atoms with van der Waals surface area (Å²) >= 11 is 0. The molecule has 0 aliphatic carbocycles. The Kier molecular flexibility index (Phi) is 3.41. The van der Waals surface area contributed by atoms with Crippen molar-refractivity contribution in [2.75, 3.05) is 6.54 Å². The summed E-state index contributed by atoms with van der Waals surface area (Å²) in [6.07, 6.45) is 2.54. The van der Waals surface area contributed by atoms with Crippen molar-refractivity contribution < 1.29 is 14.0 Å². The lowest BCUT2D eigenvalue weighted by Crippen LogP contribution is -2.31. The first-order valence-corrected chi connectivity index (χ1v) is 7.85. The molecule has 0 spiro atoms. The van der Waals surface area contributed by atoms with Gasteiger partial charge in [0.05, 0.1) is 11.1 Å². The number of amides is 2. The van der Waals surface area contributed by atoms with Crippen LogP contribution in [0.4, 0.5) is 4.39 Å².